The first-order valence-electron chi connectivity index (χ1n) is 10.9. The number of hydrogen-bond donors (Lipinski definition) is 1. The van der Waals surface area contributed by atoms with Crippen molar-refractivity contribution in [3.63, 3.8) is 0 Å². The van der Waals surface area contributed by atoms with Gasteiger partial charge in [-0.1, -0.05) is 60.7 Å². The minimum absolute atomic E-state index is 0.0567. The molecule has 7 nitrogen and oxygen atoms in total. The number of rotatable bonds is 10. The molecular weight excluding hydrogens is 422 g/mol. The number of carbonyl (C=O) groups is 3. The average Bonchev–Trinajstić information content (AvgIpc) is 2.75. The average molecular weight is 456 g/mol. The molecule has 0 aromatic heterocycles. The summed E-state index contributed by atoms with van der Waals surface area (Å²) in [5.74, 6) is -1.84. The lowest BCUT2D eigenvalue weighted by Crippen LogP contribution is -2.52. The molecule has 0 aliphatic rings. The predicted molar refractivity (Wildman–Crippen MR) is 124 cm³/mol. The van der Waals surface area contributed by atoms with E-state index in [1.54, 1.807) is 6.92 Å². The zero-order chi connectivity index (χ0) is 24.4. The summed E-state index contributed by atoms with van der Waals surface area (Å²) >= 11 is 0. The molecule has 178 valence electrons. The van der Waals surface area contributed by atoms with Gasteiger partial charge in [0.1, 0.15) is 6.61 Å². The van der Waals surface area contributed by atoms with Crippen LogP contribution in [-0.2, 0) is 41.6 Å². The monoisotopic (exact) mass is 455 g/mol. The summed E-state index contributed by atoms with van der Waals surface area (Å²) < 4.78 is 16.9. The van der Waals surface area contributed by atoms with E-state index in [1.807, 2.05) is 81.4 Å². The van der Waals surface area contributed by atoms with Crippen LogP contribution in [-0.4, -0.2) is 41.7 Å². The van der Waals surface area contributed by atoms with Gasteiger partial charge in [-0.15, -0.1) is 0 Å². The number of ether oxygens (including phenoxy) is 3. The molecule has 0 saturated heterocycles. The lowest BCUT2D eigenvalue weighted by Gasteiger charge is -2.30. The van der Waals surface area contributed by atoms with Crippen molar-refractivity contribution in [1.82, 2.24) is 5.32 Å². The maximum atomic E-state index is 13.1. The van der Waals surface area contributed by atoms with Gasteiger partial charge in [-0.2, -0.15) is 0 Å². The van der Waals surface area contributed by atoms with Crippen molar-refractivity contribution in [2.75, 3.05) is 0 Å². The lowest BCUT2D eigenvalue weighted by atomic mass is 10.1. The van der Waals surface area contributed by atoms with Crippen molar-refractivity contribution in [3.05, 3.63) is 71.8 Å². The largest absolute Gasteiger partial charge is 0.458 e. The molecule has 0 bridgehead atoms. The third-order valence-corrected chi connectivity index (χ3v) is 4.63. The van der Waals surface area contributed by atoms with Crippen LogP contribution in [0.4, 0.5) is 0 Å². The first-order valence-corrected chi connectivity index (χ1v) is 10.9. The van der Waals surface area contributed by atoms with Crippen LogP contribution in [0.3, 0.4) is 0 Å². The molecule has 0 unspecified atom stereocenters. The Labute approximate surface area is 195 Å². The highest BCUT2D eigenvalue weighted by atomic mass is 16.6. The Morgan fingerprint density at radius 1 is 0.879 bits per heavy atom. The van der Waals surface area contributed by atoms with E-state index in [9.17, 15) is 14.4 Å². The third-order valence-electron chi connectivity index (χ3n) is 4.63. The summed E-state index contributed by atoms with van der Waals surface area (Å²) in [7, 11) is 0. The van der Waals surface area contributed by atoms with Gasteiger partial charge in [-0.3, -0.25) is 4.79 Å². The van der Waals surface area contributed by atoms with Gasteiger partial charge >= 0.3 is 11.9 Å². The number of esters is 2. The van der Waals surface area contributed by atoms with Crippen LogP contribution < -0.4 is 5.32 Å². The molecule has 1 N–H and O–H groups in total. The van der Waals surface area contributed by atoms with Crippen molar-refractivity contribution in [3.8, 4) is 0 Å². The van der Waals surface area contributed by atoms with Crippen LogP contribution in [0.15, 0.2) is 60.7 Å². The van der Waals surface area contributed by atoms with Gasteiger partial charge in [0.05, 0.1) is 11.7 Å². The van der Waals surface area contributed by atoms with E-state index in [0.717, 1.165) is 11.1 Å². The third kappa shape index (κ3) is 9.45. The van der Waals surface area contributed by atoms with Gasteiger partial charge in [0, 0.05) is 13.3 Å². The molecule has 7 heteroatoms. The smallest absolute Gasteiger partial charge is 0.348 e. The van der Waals surface area contributed by atoms with Crippen molar-refractivity contribution in [2.24, 2.45) is 0 Å². The van der Waals surface area contributed by atoms with E-state index in [0.29, 0.717) is 0 Å². The minimum Gasteiger partial charge on any atom is -0.458 e. The van der Waals surface area contributed by atoms with Crippen LogP contribution >= 0.6 is 0 Å². The Bertz CT molecular complexity index is 907. The molecule has 0 spiro atoms. The summed E-state index contributed by atoms with van der Waals surface area (Å²) in [4.78, 5) is 37.7. The molecule has 1 amide bonds. The Morgan fingerprint density at radius 3 is 1.94 bits per heavy atom. The van der Waals surface area contributed by atoms with E-state index in [-0.39, 0.29) is 13.0 Å². The fourth-order valence-corrected chi connectivity index (χ4v) is 3.25. The van der Waals surface area contributed by atoms with E-state index in [1.165, 1.54) is 6.92 Å². The minimum atomic E-state index is -1.18. The fourth-order valence-electron chi connectivity index (χ4n) is 3.25. The summed E-state index contributed by atoms with van der Waals surface area (Å²) in [5, 5.41) is 2.58. The predicted octanol–water partition coefficient (Wildman–Crippen LogP) is 3.59. The van der Waals surface area contributed by atoms with Gasteiger partial charge in [-0.05, 0) is 38.8 Å². The van der Waals surface area contributed by atoms with Crippen LogP contribution in [0.1, 0.15) is 45.7 Å². The van der Waals surface area contributed by atoms with Gasteiger partial charge in [0.2, 0.25) is 12.0 Å². The number of amides is 1. The second-order valence-corrected chi connectivity index (χ2v) is 8.82. The molecule has 0 heterocycles. The second kappa shape index (κ2) is 12.2. The number of nitrogens with one attached hydrogen (secondary N) is 1. The van der Waals surface area contributed by atoms with Crippen LogP contribution in [0.2, 0.25) is 0 Å². The molecule has 0 radical (unpaired) electrons. The Balaban J connectivity index is 2.18. The molecular formula is C26H33NO6. The molecule has 3 atom stereocenters. The standard InChI is InChI=1S/C26H33NO6/c1-18(33-26(3,4)5)23(27-19(2)28)25(30)32-22(16-20-12-8-6-9-13-20)24(29)31-17-21-14-10-7-11-15-21/h6-15,18,22-23H,16-17H2,1-5H3,(H,27,28)/t18-,22-,23+/m1/s1. The molecule has 2 rings (SSSR count). The second-order valence-electron chi connectivity index (χ2n) is 8.82. The van der Waals surface area contributed by atoms with E-state index < -0.39 is 41.7 Å². The zero-order valence-electron chi connectivity index (χ0n) is 19.9. The molecule has 2 aromatic carbocycles. The van der Waals surface area contributed by atoms with Crippen molar-refractivity contribution in [1.29, 1.82) is 0 Å². The van der Waals surface area contributed by atoms with Crippen molar-refractivity contribution < 1.29 is 28.6 Å². The number of carbonyl (C=O) groups excluding carboxylic acids is 3. The molecule has 0 fully saturated rings. The number of benzene rings is 2. The zero-order valence-corrected chi connectivity index (χ0v) is 19.9. The van der Waals surface area contributed by atoms with Gasteiger partial charge in [0.15, 0.2) is 6.04 Å². The highest BCUT2D eigenvalue weighted by Crippen LogP contribution is 2.16. The normalized spacial score (nSPS) is 14.0. The van der Waals surface area contributed by atoms with E-state index in [2.05, 4.69) is 5.32 Å². The fraction of sp³-hybridized carbons (Fsp3) is 0.423. The van der Waals surface area contributed by atoms with Crippen LogP contribution in [0.25, 0.3) is 0 Å². The summed E-state index contributed by atoms with van der Waals surface area (Å²) in [6.45, 7) is 8.57. The van der Waals surface area contributed by atoms with Crippen molar-refractivity contribution in [2.45, 2.75) is 71.5 Å². The molecule has 2 aromatic rings. The SMILES string of the molecule is CC(=O)N[C@H](C(=O)O[C@H](Cc1ccccc1)C(=O)OCc1ccccc1)[C@@H](C)OC(C)(C)C. The first kappa shape index (κ1) is 26.1. The van der Waals surface area contributed by atoms with Crippen LogP contribution in [0, 0.1) is 0 Å². The maximum Gasteiger partial charge on any atom is 0.348 e. The summed E-state index contributed by atoms with van der Waals surface area (Å²) in [6, 6.07) is 17.4. The van der Waals surface area contributed by atoms with Gasteiger partial charge in [-0.25, -0.2) is 9.59 Å². The maximum absolute atomic E-state index is 13.1. The Morgan fingerprint density at radius 2 is 1.42 bits per heavy atom. The Kier molecular flexibility index (Phi) is 9.60. The first-order chi connectivity index (χ1) is 15.5. The summed E-state index contributed by atoms with van der Waals surface area (Å²) in [5.41, 5.74) is 1.08. The summed E-state index contributed by atoms with van der Waals surface area (Å²) in [6.07, 6.45) is -1.72. The highest BCUT2D eigenvalue weighted by molar-refractivity contribution is 5.86. The highest BCUT2D eigenvalue weighted by Gasteiger charge is 2.35. The molecule has 0 aliphatic carbocycles. The van der Waals surface area contributed by atoms with Gasteiger partial charge in [0.25, 0.3) is 0 Å². The molecule has 33 heavy (non-hydrogen) atoms. The lowest BCUT2D eigenvalue weighted by molar-refractivity contribution is -0.174. The van der Waals surface area contributed by atoms with Crippen molar-refractivity contribution >= 4 is 17.8 Å². The topological polar surface area (TPSA) is 90.9 Å². The molecule has 0 aliphatic heterocycles. The Hall–Kier alpha value is -3.19. The van der Waals surface area contributed by atoms with E-state index >= 15 is 0 Å². The number of hydrogen-bond acceptors (Lipinski definition) is 6. The van der Waals surface area contributed by atoms with Crippen LogP contribution in [0.5, 0.6) is 0 Å². The quantitative estimate of drug-likeness (QED) is 0.551. The van der Waals surface area contributed by atoms with Gasteiger partial charge < -0.3 is 19.5 Å². The molecule has 0 saturated carbocycles. The van der Waals surface area contributed by atoms with E-state index in [4.69, 9.17) is 14.2 Å².